The van der Waals surface area contributed by atoms with Gasteiger partial charge >= 0.3 is 0 Å². The number of carbonyl (C=O) groups is 1. The second kappa shape index (κ2) is 5.49. The number of nitrogens with zero attached hydrogens (tertiary/aromatic N) is 3. The number of aliphatic hydroxyl groups excluding tert-OH is 1. The number of methoxy groups -OCH3 is 1. The molecule has 1 aromatic rings. The lowest BCUT2D eigenvalue weighted by molar-refractivity contribution is -0.133. The fourth-order valence-electron chi connectivity index (χ4n) is 3.08. The Morgan fingerprint density at radius 1 is 1.50 bits per heavy atom. The van der Waals surface area contributed by atoms with E-state index in [0.717, 1.165) is 5.82 Å². The second-order valence-electron chi connectivity index (χ2n) is 5.64. The maximum atomic E-state index is 11.7. The molecule has 2 aliphatic rings. The van der Waals surface area contributed by atoms with E-state index in [1.807, 2.05) is 0 Å². The van der Waals surface area contributed by atoms with Crippen LogP contribution in [0.25, 0.3) is 0 Å². The van der Waals surface area contributed by atoms with Crippen molar-refractivity contribution in [3.63, 3.8) is 0 Å². The Bertz CT molecular complexity index is 486. The molecule has 2 atom stereocenters. The first kappa shape index (κ1) is 13.5. The number of aromatic amines is 1. The molecule has 7 heteroatoms. The molecule has 3 rings (SSSR count). The van der Waals surface area contributed by atoms with Crippen LogP contribution in [0, 0.1) is 11.8 Å². The third-order valence-electron chi connectivity index (χ3n) is 4.24. The molecule has 0 unspecified atom stereocenters. The number of H-pyrrole nitrogens is 1. The number of ether oxygens (including phenoxy) is 1. The van der Waals surface area contributed by atoms with Crippen molar-refractivity contribution in [2.75, 3.05) is 26.8 Å². The molecule has 0 radical (unpaired) electrons. The van der Waals surface area contributed by atoms with Gasteiger partial charge in [0.25, 0.3) is 0 Å². The quantitative estimate of drug-likeness (QED) is 0.785. The van der Waals surface area contributed by atoms with E-state index in [1.54, 1.807) is 12.0 Å². The molecule has 2 fully saturated rings. The first-order chi connectivity index (χ1) is 9.72. The van der Waals surface area contributed by atoms with E-state index >= 15 is 0 Å². The molecular weight excluding hydrogens is 260 g/mol. The van der Waals surface area contributed by atoms with Crippen LogP contribution in [0.3, 0.4) is 0 Å². The number of carbonyl (C=O) groups excluding carboxylic acids is 1. The molecule has 0 spiro atoms. The normalized spacial score (nSPS) is 26.2. The van der Waals surface area contributed by atoms with Gasteiger partial charge in [-0.3, -0.25) is 9.89 Å². The average molecular weight is 280 g/mol. The first-order valence-electron chi connectivity index (χ1n) is 7.01. The summed E-state index contributed by atoms with van der Waals surface area (Å²) in [6.07, 6.45) is 2.44. The van der Waals surface area contributed by atoms with Crippen LogP contribution in [-0.4, -0.2) is 57.9 Å². The summed E-state index contributed by atoms with van der Waals surface area (Å²) in [4.78, 5) is 17.9. The van der Waals surface area contributed by atoms with Gasteiger partial charge < -0.3 is 14.7 Å². The van der Waals surface area contributed by atoms with E-state index in [1.165, 1.54) is 12.8 Å². The van der Waals surface area contributed by atoms with Gasteiger partial charge in [0.2, 0.25) is 5.91 Å². The van der Waals surface area contributed by atoms with Gasteiger partial charge in [0, 0.05) is 26.1 Å². The smallest absolute Gasteiger partial charge is 0.248 e. The third-order valence-corrected chi connectivity index (χ3v) is 4.24. The number of likely N-dealkylation sites (tertiary alicyclic amines) is 1. The molecule has 0 aromatic carbocycles. The maximum Gasteiger partial charge on any atom is 0.248 e. The van der Waals surface area contributed by atoms with Crippen molar-refractivity contribution < 1.29 is 14.6 Å². The van der Waals surface area contributed by atoms with E-state index in [4.69, 9.17) is 9.84 Å². The molecule has 1 aliphatic heterocycles. The summed E-state index contributed by atoms with van der Waals surface area (Å²) in [6.45, 7) is 1.30. The molecule has 110 valence electrons. The van der Waals surface area contributed by atoms with Crippen molar-refractivity contribution in [3.8, 4) is 0 Å². The average Bonchev–Trinajstić information content (AvgIpc) is 3.03. The molecular formula is C13H20N4O3. The molecule has 1 aromatic heterocycles. The van der Waals surface area contributed by atoms with E-state index < -0.39 is 6.61 Å². The Morgan fingerprint density at radius 3 is 2.95 bits per heavy atom. The van der Waals surface area contributed by atoms with Gasteiger partial charge in [0.1, 0.15) is 13.2 Å². The highest BCUT2D eigenvalue weighted by molar-refractivity contribution is 5.77. The SMILES string of the molecule is COCc1nc([C@H]2CN(C(=O)CO)C[C@@H]2C2CC2)n[nH]1. The van der Waals surface area contributed by atoms with Gasteiger partial charge in [-0.1, -0.05) is 0 Å². The summed E-state index contributed by atoms with van der Waals surface area (Å²) < 4.78 is 5.04. The molecule has 0 bridgehead atoms. The van der Waals surface area contributed by atoms with Gasteiger partial charge in [-0.05, 0) is 24.7 Å². The predicted molar refractivity (Wildman–Crippen MR) is 69.7 cm³/mol. The van der Waals surface area contributed by atoms with Gasteiger partial charge in [-0.15, -0.1) is 0 Å². The van der Waals surface area contributed by atoms with Crippen molar-refractivity contribution in [1.82, 2.24) is 20.1 Å². The summed E-state index contributed by atoms with van der Waals surface area (Å²) in [5, 5.41) is 16.2. The predicted octanol–water partition coefficient (Wildman–Crippen LogP) is -0.105. The maximum absolute atomic E-state index is 11.7. The number of rotatable bonds is 5. The van der Waals surface area contributed by atoms with E-state index in [2.05, 4.69) is 15.2 Å². The Morgan fingerprint density at radius 2 is 2.30 bits per heavy atom. The van der Waals surface area contributed by atoms with Crippen molar-refractivity contribution >= 4 is 5.91 Å². The fraction of sp³-hybridized carbons (Fsp3) is 0.769. The summed E-state index contributed by atoms with van der Waals surface area (Å²) >= 11 is 0. The molecule has 1 aliphatic carbocycles. The van der Waals surface area contributed by atoms with Crippen LogP contribution in [0.5, 0.6) is 0 Å². The molecule has 1 amide bonds. The van der Waals surface area contributed by atoms with E-state index in [9.17, 15) is 4.79 Å². The Hall–Kier alpha value is -1.47. The minimum atomic E-state index is -0.424. The lowest BCUT2D eigenvalue weighted by Gasteiger charge is -2.14. The molecule has 20 heavy (non-hydrogen) atoms. The largest absolute Gasteiger partial charge is 0.387 e. The van der Waals surface area contributed by atoms with Gasteiger partial charge in [0.15, 0.2) is 11.6 Å². The first-order valence-corrected chi connectivity index (χ1v) is 7.01. The number of nitrogens with one attached hydrogen (secondary N) is 1. The fourth-order valence-corrected chi connectivity index (χ4v) is 3.08. The molecule has 2 N–H and O–H groups in total. The second-order valence-corrected chi connectivity index (χ2v) is 5.64. The summed E-state index contributed by atoms with van der Waals surface area (Å²) in [7, 11) is 1.62. The number of aliphatic hydroxyl groups is 1. The van der Waals surface area contributed by atoms with Crippen LogP contribution in [-0.2, 0) is 16.1 Å². The topological polar surface area (TPSA) is 91.3 Å². The molecule has 2 heterocycles. The van der Waals surface area contributed by atoms with Crippen molar-refractivity contribution in [2.24, 2.45) is 11.8 Å². The van der Waals surface area contributed by atoms with Gasteiger partial charge in [-0.25, -0.2) is 4.98 Å². The van der Waals surface area contributed by atoms with Crippen molar-refractivity contribution in [1.29, 1.82) is 0 Å². The zero-order valence-corrected chi connectivity index (χ0v) is 11.6. The molecule has 7 nitrogen and oxygen atoms in total. The number of aromatic nitrogens is 3. The van der Waals surface area contributed by atoms with Crippen LogP contribution in [0.15, 0.2) is 0 Å². The Labute approximate surface area is 117 Å². The lowest BCUT2D eigenvalue weighted by atomic mass is 9.91. The highest BCUT2D eigenvalue weighted by Gasteiger charge is 2.45. The van der Waals surface area contributed by atoms with Crippen LogP contribution in [0.1, 0.15) is 30.4 Å². The number of amides is 1. The minimum Gasteiger partial charge on any atom is -0.387 e. The highest BCUT2D eigenvalue weighted by atomic mass is 16.5. The molecule has 1 saturated heterocycles. The number of hydrogen-bond acceptors (Lipinski definition) is 5. The lowest BCUT2D eigenvalue weighted by Crippen LogP contribution is -2.31. The molecule has 1 saturated carbocycles. The Kier molecular flexibility index (Phi) is 3.71. The zero-order chi connectivity index (χ0) is 14.1. The standard InChI is InChI=1S/C13H20N4O3/c1-20-7-11-14-13(16-15-11)10-5-17(12(19)6-18)4-9(10)8-2-3-8/h8-10,18H,2-7H2,1H3,(H,14,15,16)/t9-,10+/m1/s1. The van der Waals surface area contributed by atoms with Crippen LogP contribution in [0.4, 0.5) is 0 Å². The monoisotopic (exact) mass is 280 g/mol. The summed E-state index contributed by atoms with van der Waals surface area (Å²) in [5.74, 6) is 2.52. The Balaban J connectivity index is 1.76. The highest BCUT2D eigenvalue weighted by Crippen LogP contribution is 2.46. The number of hydrogen-bond donors (Lipinski definition) is 2. The van der Waals surface area contributed by atoms with Gasteiger partial charge in [-0.2, -0.15) is 5.10 Å². The van der Waals surface area contributed by atoms with Crippen LogP contribution >= 0.6 is 0 Å². The minimum absolute atomic E-state index is 0.167. The third kappa shape index (κ3) is 2.55. The van der Waals surface area contributed by atoms with Gasteiger partial charge in [0.05, 0.1) is 0 Å². The van der Waals surface area contributed by atoms with E-state index in [-0.39, 0.29) is 11.8 Å². The van der Waals surface area contributed by atoms with Crippen molar-refractivity contribution in [2.45, 2.75) is 25.4 Å². The van der Waals surface area contributed by atoms with Crippen molar-refractivity contribution in [3.05, 3.63) is 11.6 Å². The van der Waals surface area contributed by atoms with Crippen LogP contribution < -0.4 is 0 Å². The van der Waals surface area contributed by atoms with E-state index in [0.29, 0.717) is 37.4 Å². The van der Waals surface area contributed by atoms with Crippen LogP contribution in [0.2, 0.25) is 0 Å². The summed E-state index contributed by atoms with van der Waals surface area (Å²) in [6, 6.07) is 0. The zero-order valence-electron chi connectivity index (χ0n) is 11.6. The summed E-state index contributed by atoms with van der Waals surface area (Å²) in [5.41, 5.74) is 0.